The molecule has 2 aliphatic rings. The number of carbonyl (C=O) groups is 1. The van der Waals surface area contributed by atoms with Crippen molar-refractivity contribution in [3.8, 4) is 28.8 Å². The summed E-state index contributed by atoms with van der Waals surface area (Å²) in [6, 6.07) is 15.7. The van der Waals surface area contributed by atoms with Gasteiger partial charge in [-0.2, -0.15) is 0 Å². The van der Waals surface area contributed by atoms with Crippen molar-refractivity contribution in [2.24, 2.45) is 0 Å². The number of nitrogens with two attached hydrogens (primary N) is 1. The number of nitrogen functional groups attached to an aromatic ring is 1. The summed E-state index contributed by atoms with van der Waals surface area (Å²) < 4.78 is 28.9. The van der Waals surface area contributed by atoms with Crippen molar-refractivity contribution in [2.45, 2.75) is 60.3 Å². The Morgan fingerprint density at radius 2 is 2.00 bits per heavy atom. The first-order valence-corrected chi connectivity index (χ1v) is 18.8. The molecule has 4 heterocycles. The standard InChI is InChI=1S/C34H37AsFN7O3/c1-4-35(23-19-45-20-23)34(2,3)16-22(17-37)33(44)42-14-8-9-24(42)18-43-32-29(31(38)39-21-40-32)30(41-43)27-13-12-26(15-28(27)36)46-25-10-6-5-7-11-25/h5-7,10-13,15-16,21,23-24H,4,8-9,14,18-20H2,1-3H3,(H2,38,39,40)/b22-16-/t24-,35?/m1/s1. The van der Waals surface area contributed by atoms with Gasteiger partial charge >= 0.3 is 210 Å². The summed E-state index contributed by atoms with van der Waals surface area (Å²) in [7, 11) is 0. The van der Waals surface area contributed by atoms with E-state index in [1.807, 2.05) is 24.3 Å². The van der Waals surface area contributed by atoms with E-state index < -0.39 is 20.5 Å². The molecule has 2 saturated heterocycles. The Labute approximate surface area is 272 Å². The normalized spacial score (nSPS) is 17.9. The van der Waals surface area contributed by atoms with E-state index in [2.05, 4.69) is 36.8 Å². The summed E-state index contributed by atoms with van der Waals surface area (Å²) >= 11 is -1.42. The molecule has 0 saturated carbocycles. The third kappa shape index (κ3) is 6.24. The summed E-state index contributed by atoms with van der Waals surface area (Å²) in [6.07, 6.45) is 4.79. The molecular weight excluding hydrogens is 648 g/mol. The maximum atomic E-state index is 15.6. The molecule has 12 heteroatoms. The van der Waals surface area contributed by atoms with E-state index in [0.717, 1.165) is 31.3 Å². The van der Waals surface area contributed by atoms with Crippen molar-refractivity contribution in [1.29, 1.82) is 5.26 Å². The number of carbonyl (C=O) groups excluding carboxylic acids is 1. The topological polar surface area (TPSA) is 132 Å². The van der Waals surface area contributed by atoms with Crippen LogP contribution in [0.1, 0.15) is 33.6 Å². The van der Waals surface area contributed by atoms with Gasteiger partial charge in [0.05, 0.1) is 0 Å². The number of rotatable bonds is 10. The van der Waals surface area contributed by atoms with Crippen LogP contribution in [0.4, 0.5) is 10.2 Å². The summed E-state index contributed by atoms with van der Waals surface area (Å²) in [6.45, 7) is 8.91. The Morgan fingerprint density at radius 3 is 2.67 bits per heavy atom. The van der Waals surface area contributed by atoms with Crippen LogP contribution in [0.3, 0.4) is 0 Å². The molecule has 2 aromatic carbocycles. The predicted octanol–water partition coefficient (Wildman–Crippen LogP) is 6.14. The number of nitrogens with zero attached hydrogens (tertiary/aromatic N) is 6. The quantitative estimate of drug-likeness (QED) is 0.120. The molecule has 1 amide bonds. The molecule has 2 aliphatic heterocycles. The molecule has 2 fully saturated rings. The Morgan fingerprint density at radius 1 is 1.22 bits per heavy atom. The number of halogens is 1. The second-order valence-electron chi connectivity index (χ2n) is 12.1. The van der Waals surface area contributed by atoms with Crippen LogP contribution in [0.5, 0.6) is 11.5 Å². The van der Waals surface area contributed by atoms with Crippen LogP contribution < -0.4 is 10.5 Å². The number of aromatic nitrogens is 4. The fraction of sp³-hybridized carbons (Fsp3) is 0.382. The molecule has 0 aliphatic carbocycles. The molecule has 4 aromatic rings. The van der Waals surface area contributed by atoms with E-state index >= 15 is 4.39 Å². The van der Waals surface area contributed by atoms with E-state index in [0.29, 0.717) is 46.0 Å². The average molecular weight is 686 g/mol. The summed E-state index contributed by atoms with van der Waals surface area (Å²) in [5.41, 5.74) is 7.47. The van der Waals surface area contributed by atoms with Crippen molar-refractivity contribution >= 4 is 37.4 Å². The van der Waals surface area contributed by atoms with Gasteiger partial charge in [-0.3, -0.25) is 0 Å². The van der Waals surface area contributed by atoms with Gasteiger partial charge in [0.25, 0.3) is 0 Å². The molecule has 2 atom stereocenters. The van der Waals surface area contributed by atoms with E-state index in [-0.39, 0.29) is 33.1 Å². The summed E-state index contributed by atoms with van der Waals surface area (Å²) in [4.78, 5) is 24.2. The number of allylic oxidation sites excluding steroid dienone is 1. The SMILES string of the molecule is CC[As](C1COC1)C(C)(C)/C=C(/C#N)C(=O)N1CCC[C@@H]1Cn1nc(-c2ccc(Oc3ccccc3)cc2F)c2c(N)ncnc21. The number of nitriles is 1. The number of hydrogen-bond acceptors (Lipinski definition) is 8. The minimum atomic E-state index is -1.42. The molecule has 0 radical (unpaired) electrons. The van der Waals surface area contributed by atoms with Crippen LogP contribution in [0.15, 0.2) is 66.5 Å². The number of fused-ring (bicyclic) bond motifs is 1. The van der Waals surface area contributed by atoms with Crippen LogP contribution in [0.25, 0.3) is 22.3 Å². The van der Waals surface area contributed by atoms with Crippen molar-refractivity contribution in [3.05, 3.63) is 72.3 Å². The molecule has 46 heavy (non-hydrogen) atoms. The van der Waals surface area contributed by atoms with Gasteiger partial charge in [0.2, 0.25) is 0 Å². The third-order valence-corrected chi connectivity index (χ3v) is 16.0. The van der Waals surface area contributed by atoms with Gasteiger partial charge in [-0.05, 0) is 18.2 Å². The zero-order valence-electron chi connectivity index (χ0n) is 26.2. The first kappa shape index (κ1) is 31.7. The Kier molecular flexibility index (Phi) is 9.12. The van der Waals surface area contributed by atoms with Crippen LogP contribution in [-0.4, -0.2) is 71.0 Å². The fourth-order valence-corrected chi connectivity index (χ4v) is 13.1. The first-order chi connectivity index (χ1) is 22.2. The van der Waals surface area contributed by atoms with Crippen LogP contribution in [-0.2, 0) is 16.1 Å². The van der Waals surface area contributed by atoms with Crippen LogP contribution >= 0.6 is 0 Å². The second-order valence-corrected chi connectivity index (χ2v) is 19.4. The predicted molar refractivity (Wildman–Crippen MR) is 175 cm³/mol. The molecule has 2 aromatic heterocycles. The zero-order chi connectivity index (χ0) is 32.4. The number of anilines is 1. The Balaban J connectivity index is 1.27. The fourth-order valence-electron chi connectivity index (χ4n) is 6.49. The third-order valence-electron chi connectivity index (χ3n) is 8.75. The zero-order valence-corrected chi connectivity index (χ0v) is 28.1. The molecule has 10 nitrogen and oxygen atoms in total. The van der Waals surface area contributed by atoms with Gasteiger partial charge in [-0.1, -0.05) is 18.2 Å². The Hall–Kier alpha value is -4.26. The van der Waals surface area contributed by atoms with Gasteiger partial charge in [-0.15, -0.1) is 0 Å². The average Bonchev–Trinajstić information content (AvgIpc) is 3.63. The van der Waals surface area contributed by atoms with Crippen LogP contribution in [0.2, 0.25) is 14.1 Å². The van der Waals surface area contributed by atoms with Crippen molar-refractivity contribution in [3.63, 3.8) is 0 Å². The van der Waals surface area contributed by atoms with E-state index in [1.54, 1.807) is 33.8 Å². The maximum absolute atomic E-state index is 15.6. The van der Waals surface area contributed by atoms with Gasteiger partial charge < -0.3 is 4.74 Å². The monoisotopic (exact) mass is 685 g/mol. The molecule has 2 N–H and O–H groups in total. The minimum absolute atomic E-state index is 0.179. The molecule has 0 spiro atoms. The van der Waals surface area contributed by atoms with Crippen molar-refractivity contribution in [1.82, 2.24) is 24.6 Å². The molecule has 6 rings (SSSR count). The Bertz CT molecular complexity index is 1820. The number of hydrogen-bond donors (Lipinski definition) is 1. The molecule has 0 bridgehead atoms. The summed E-state index contributed by atoms with van der Waals surface area (Å²) in [5.74, 6) is 0.321. The van der Waals surface area contributed by atoms with E-state index in [1.165, 1.54) is 12.4 Å². The number of benzene rings is 2. The van der Waals surface area contributed by atoms with Gasteiger partial charge in [0, 0.05) is 6.07 Å². The first-order valence-electron chi connectivity index (χ1n) is 15.5. The van der Waals surface area contributed by atoms with E-state index in [4.69, 9.17) is 20.3 Å². The second kappa shape index (κ2) is 13.2. The number of ether oxygens (including phenoxy) is 2. The molecule has 238 valence electrons. The van der Waals surface area contributed by atoms with E-state index in [9.17, 15) is 10.1 Å². The van der Waals surface area contributed by atoms with Gasteiger partial charge in [0.15, 0.2) is 0 Å². The van der Waals surface area contributed by atoms with Gasteiger partial charge in [0.1, 0.15) is 11.5 Å². The summed E-state index contributed by atoms with van der Waals surface area (Å²) in [5, 5.41) is 16.4. The van der Waals surface area contributed by atoms with Gasteiger partial charge in [-0.25, -0.2) is 4.39 Å². The van der Waals surface area contributed by atoms with Crippen molar-refractivity contribution in [2.75, 3.05) is 25.5 Å². The van der Waals surface area contributed by atoms with Crippen molar-refractivity contribution < 1.29 is 18.7 Å². The number of para-hydroxylation sites is 1. The number of amides is 1. The number of likely N-dealkylation sites (tertiary alicyclic amines) is 1. The molecule has 1 unspecified atom stereocenters. The van der Waals surface area contributed by atoms with Crippen LogP contribution in [0, 0.1) is 17.1 Å². The molecular formula is C34H37AsFN7O3.